The lowest BCUT2D eigenvalue weighted by atomic mass is 9.90. The first-order chi connectivity index (χ1) is 13.7. The molecule has 158 valence electrons. The minimum Gasteiger partial charge on any atom is -0.493 e. The van der Waals surface area contributed by atoms with E-state index < -0.39 is 0 Å². The highest BCUT2D eigenvalue weighted by atomic mass is 35.5. The van der Waals surface area contributed by atoms with Crippen molar-refractivity contribution in [2.75, 3.05) is 25.0 Å². The maximum Gasteiger partial charge on any atom is 0.229 e. The second kappa shape index (κ2) is 10.1. The number of anilines is 1. The lowest BCUT2D eigenvalue weighted by Gasteiger charge is -2.21. The summed E-state index contributed by atoms with van der Waals surface area (Å²) in [7, 11) is 1.90. The smallest absolute Gasteiger partial charge is 0.229 e. The van der Waals surface area contributed by atoms with Gasteiger partial charge in [0, 0.05) is 37.9 Å². The molecule has 0 bridgehead atoms. The molecule has 2 aromatic rings. The Morgan fingerprint density at radius 3 is 2.66 bits per heavy atom. The maximum absolute atomic E-state index is 12.8. The fraction of sp³-hybridized carbons (Fsp3) is 0.545. The highest BCUT2D eigenvalue weighted by Crippen LogP contribution is 2.29. The molecular weight excluding hydrogens is 388 g/mol. The summed E-state index contributed by atoms with van der Waals surface area (Å²) < 4.78 is 7.74. The number of nitrogens with zero attached hydrogens (tertiary/aromatic N) is 2. The van der Waals surface area contributed by atoms with Crippen LogP contribution in [0, 0.1) is 11.8 Å². The summed E-state index contributed by atoms with van der Waals surface area (Å²) in [6, 6.07) is 7.75. The van der Waals surface area contributed by atoms with Crippen LogP contribution in [0.1, 0.15) is 43.6 Å². The molecule has 0 radical (unpaired) electrons. The first-order valence-corrected chi connectivity index (χ1v) is 10.4. The van der Waals surface area contributed by atoms with Crippen molar-refractivity contribution in [2.45, 2.75) is 38.0 Å². The largest absolute Gasteiger partial charge is 0.493 e. The number of nitrogens with one attached hydrogen (secondary N) is 2. The zero-order valence-corrected chi connectivity index (χ0v) is 17.8. The van der Waals surface area contributed by atoms with Crippen molar-refractivity contribution in [1.29, 1.82) is 0 Å². The SMILES string of the molecule is Cl.Cn1cc([C@H]2CNC[C@@H]2C(=O)Nc2ccc(OCC3CCCCC3)cc2)cn1. The minimum absolute atomic E-state index is 0. The van der Waals surface area contributed by atoms with Crippen LogP contribution < -0.4 is 15.4 Å². The van der Waals surface area contributed by atoms with Crippen LogP contribution in [0.2, 0.25) is 0 Å². The highest BCUT2D eigenvalue weighted by molar-refractivity contribution is 5.93. The number of ether oxygens (including phenoxy) is 1. The molecule has 0 unspecified atom stereocenters. The molecule has 1 saturated carbocycles. The fourth-order valence-electron chi connectivity index (χ4n) is 4.37. The summed E-state index contributed by atoms with van der Waals surface area (Å²) in [6.07, 6.45) is 10.4. The normalized spacial score (nSPS) is 22.1. The van der Waals surface area contributed by atoms with Crippen molar-refractivity contribution >= 4 is 24.0 Å². The number of hydrogen-bond donors (Lipinski definition) is 2. The molecule has 6 nitrogen and oxygen atoms in total. The average molecular weight is 419 g/mol. The van der Waals surface area contributed by atoms with Crippen LogP contribution in [0.4, 0.5) is 5.69 Å². The van der Waals surface area contributed by atoms with Crippen molar-refractivity contribution in [2.24, 2.45) is 18.9 Å². The molecule has 1 amide bonds. The summed E-state index contributed by atoms with van der Waals surface area (Å²) in [5.74, 6) is 1.68. The highest BCUT2D eigenvalue weighted by Gasteiger charge is 2.34. The van der Waals surface area contributed by atoms with Crippen molar-refractivity contribution in [3.63, 3.8) is 0 Å². The Bertz CT molecular complexity index is 786. The summed E-state index contributed by atoms with van der Waals surface area (Å²) in [4.78, 5) is 12.8. The first kappa shape index (κ1) is 21.7. The van der Waals surface area contributed by atoms with Gasteiger partial charge in [0.2, 0.25) is 5.91 Å². The average Bonchev–Trinajstić information content (AvgIpc) is 3.37. The van der Waals surface area contributed by atoms with Gasteiger partial charge < -0.3 is 15.4 Å². The topological polar surface area (TPSA) is 68.2 Å². The molecule has 0 spiro atoms. The number of halogens is 1. The zero-order chi connectivity index (χ0) is 19.3. The third kappa shape index (κ3) is 5.52. The van der Waals surface area contributed by atoms with Gasteiger partial charge in [-0.25, -0.2) is 0 Å². The molecule has 1 aliphatic carbocycles. The monoisotopic (exact) mass is 418 g/mol. The molecule has 2 atom stereocenters. The number of aromatic nitrogens is 2. The van der Waals surface area contributed by atoms with Gasteiger partial charge in [0.15, 0.2) is 0 Å². The van der Waals surface area contributed by atoms with E-state index in [0.29, 0.717) is 12.5 Å². The Balaban J connectivity index is 0.00000240. The van der Waals surface area contributed by atoms with Crippen LogP contribution in [0.15, 0.2) is 36.7 Å². The lowest BCUT2D eigenvalue weighted by Crippen LogP contribution is -2.28. The maximum atomic E-state index is 12.8. The van der Waals surface area contributed by atoms with E-state index in [2.05, 4.69) is 15.7 Å². The summed E-state index contributed by atoms with van der Waals surface area (Å²) in [6.45, 7) is 2.29. The van der Waals surface area contributed by atoms with Gasteiger partial charge in [0.25, 0.3) is 0 Å². The van der Waals surface area contributed by atoms with Crippen molar-refractivity contribution < 1.29 is 9.53 Å². The van der Waals surface area contributed by atoms with Crippen molar-refractivity contribution in [3.05, 3.63) is 42.2 Å². The van der Waals surface area contributed by atoms with Crippen LogP contribution in [-0.4, -0.2) is 35.4 Å². The van der Waals surface area contributed by atoms with E-state index in [-0.39, 0.29) is 30.2 Å². The van der Waals surface area contributed by atoms with Gasteiger partial charge in [-0.1, -0.05) is 19.3 Å². The number of amides is 1. The molecule has 2 aliphatic rings. The lowest BCUT2D eigenvalue weighted by molar-refractivity contribution is -0.119. The van der Waals surface area contributed by atoms with Crippen LogP contribution >= 0.6 is 12.4 Å². The number of carbonyl (C=O) groups excluding carboxylic acids is 1. The quantitative estimate of drug-likeness (QED) is 0.749. The van der Waals surface area contributed by atoms with Gasteiger partial charge in [-0.3, -0.25) is 9.48 Å². The zero-order valence-electron chi connectivity index (χ0n) is 17.0. The second-order valence-electron chi connectivity index (χ2n) is 8.15. The Hall–Kier alpha value is -2.05. The molecule has 29 heavy (non-hydrogen) atoms. The van der Waals surface area contributed by atoms with E-state index in [1.165, 1.54) is 32.1 Å². The number of rotatable bonds is 6. The molecule has 4 rings (SSSR count). The second-order valence-corrected chi connectivity index (χ2v) is 8.15. The van der Waals surface area contributed by atoms with Crippen LogP contribution in [0.3, 0.4) is 0 Å². The fourth-order valence-corrected chi connectivity index (χ4v) is 4.37. The molecular formula is C22H31ClN4O2. The molecule has 1 aromatic heterocycles. The van der Waals surface area contributed by atoms with E-state index in [9.17, 15) is 4.79 Å². The van der Waals surface area contributed by atoms with Gasteiger partial charge >= 0.3 is 0 Å². The molecule has 1 aromatic carbocycles. The Kier molecular flexibility index (Phi) is 7.56. The van der Waals surface area contributed by atoms with Gasteiger partial charge in [-0.15, -0.1) is 12.4 Å². The Morgan fingerprint density at radius 1 is 1.21 bits per heavy atom. The van der Waals surface area contributed by atoms with E-state index in [4.69, 9.17) is 4.74 Å². The minimum atomic E-state index is -0.0913. The standard InChI is InChI=1S/C22H30N4O2.ClH/c1-26-14-17(11-24-26)20-12-23-13-21(20)22(27)25-18-7-9-19(10-8-18)28-15-16-5-3-2-4-6-16;/h7-11,14,16,20-21,23H,2-6,12-13,15H2,1H3,(H,25,27);1H/t20-,21+;/m1./s1. The van der Waals surface area contributed by atoms with E-state index >= 15 is 0 Å². The van der Waals surface area contributed by atoms with Crippen LogP contribution in [0.25, 0.3) is 0 Å². The van der Waals surface area contributed by atoms with Crippen molar-refractivity contribution in [1.82, 2.24) is 15.1 Å². The van der Waals surface area contributed by atoms with Gasteiger partial charge in [-0.2, -0.15) is 5.10 Å². The number of carbonyl (C=O) groups is 1. The van der Waals surface area contributed by atoms with Gasteiger partial charge in [0.1, 0.15) is 5.75 Å². The van der Waals surface area contributed by atoms with Crippen LogP contribution in [-0.2, 0) is 11.8 Å². The molecule has 2 N–H and O–H groups in total. The number of aryl methyl sites for hydroxylation is 1. The third-order valence-corrected chi connectivity index (χ3v) is 6.04. The predicted molar refractivity (Wildman–Crippen MR) is 117 cm³/mol. The van der Waals surface area contributed by atoms with Crippen LogP contribution in [0.5, 0.6) is 5.75 Å². The predicted octanol–water partition coefficient (Wildman–Crippen LogP) is 3.74. The van der Waals surface area contributed by atoms with Gasteiger partial charge in [0.05, 0.1) is 18.7 Å². The molecule has 2 heterocycles. The molecule has 7 heteroatoms. The Morgan fingerprint density at radius 2 is 1.97 bits per heavy atom. The van der Waals surface area contributed by atoms with E-state index in [1.807, 2.05) is 43.7 Å². The summed E-state index contributed by atoms with van der Waals surface area (Å²) in [5.41, 5.74) is 1.92. The summed E-state index contributed by atoms with van der Waals surface area (Å²) >= 11 is 0. The third-order valence-electron chi connectivity index (χ3n) is 6.04. The molecule has 1 saturated heterocycles. The van der Waals surface area contributed by atoms with E-state index in [1.54, 1.807) is 4.68 Å². The molecule has 2 fully saturated rings. The number of benzene rings is 1. The van der Waals surface area contributed by atoms with Crippen molar-refractivity contribution in [3.8, 4) is 5.75 Å². The summed E-state index contributed by atoms with van der Waals surface area (Å²) in [5, 5.41) is 10.6. The molecule has 1 aliphatic heterocycles. The van der Waals surface area contributed by atoms with E-state index in [0.717, 1.165) is 30.2 Å². The first-order valence-electron chi connectivity index (χ1n) is 10.4. The number of hydrogen-bond acceptors (Lipinski definition) is 4. The van der Waals surface area contributed by atoms with Gasteiger partial charge in [-0.05, 0) is 48.6 Å². The Labute approximate surface area is 178 Å².